The summed E-state index contributed by atoms with van der Waals surface area (Å²) in [6.45, 7) is 0.358. The summed E-state index contributed by atoms with van der Waals surface area (Å²) in [5, 5.41) is 4.15. The summed E-state index contributed by atoms with van der Waals surface area (Å²) in [7, 11) is 0. The van der Waals surface area contributed by atoms with Crippen LogP contribution in [0.5, 0.6) is 5.75 Å². The Balaban J connectivity index is 1.22. The minimum absolute atomic E-state index is 0.358. The molecule has 7 heteroatoms. The van der Waals surface area contributed by atoms with Gasteiger partial charge in [-0.15, -0.1) is 0 Å². The molecule has 0 aliphatic heterocycles. The lowest BCUT2D eigenvalue weighted by atomic mass is 10.1. The van der Waals surface area contributed by atoms with Gasteiger partial charge in [0.25, 0.3) is 0 Å². The topological polar surface area (TPSA) is 100.0 Å². The molecule has 0 radical (unpaired) electrons. The van der Waals surface area contributed by atoms with E-state index in [0.717, 1.165) is 39.3 Å². The second-order valence-electron chi connectivity index (χ2n) is 7.08. The molecule has 3 heterocycles. The Morgan fingerprint density at radius 1 is 0.871 bits per heavy atom. The molecule has 31 heavy (non-hydrogen) atoms. The number of fused-ring (bicyclic) bond motifs is 1. The van der Waals surface area contributed by atoms with Gasteiger partial charge in [0.15, 0.2) is 5.76 Å². The number of pyridine rings is 1. The van der Waals surface area contributed by atoms with Gasteiger partial charge in [0.2, 0.25) is 0 Å². The van der Waals surface area contributed by atoms with Crippen LogP contribution in [0.1, 0.15) is 17.0 Å². The fourth-order valence-electron chi connectivity index (χ4n) is 3.28. The molecule has 0 aliphatic rings. The van der Waals surface area contributed by atoms with E-state index >= 15 is 0 Å². The van der Waals surface area contributed by atoms with E-state index in [9.17, 15) is 0 Å². The number of anilines is 1. The minimum atomic E-state index is 0.358. The van der Waals surface area contributed by atoms with E-state index in [0.29, 0.717) is 24.6 Å². The third-order valence-electron chi connectivity index (χ3n) is 4.86. The summed E-state index contributed by atoms with van der Waals surface area (Å²) in [4.78, 5) is 13.1. The number of hydrogen-bond acceptors (Lipinski definition) is 7. The van der Waals surface area contributed by atoms with Gasteiger partial charge < -0.3 is 15.0 Å². The van der Waals surface area contributed by atoms with Crippen molar-refractivity contribution in [3.8, 4) is 17.1 Å². The first-order valence-corrected chi connectivity index (χ1v) is 9.83. The molecule has 0 spiro atoms. The monoisotopic (exact) mass is 409 g/mol. The average Bonchev–Trinajstić information content (AvgIpc) is 3.27. The SMILES string of the molecule is Nc1ncccc1-c1cc(Cc2ccc(OCc3cnc4ccccc4n3)cc2)no1. The largest absolute Gasteiger partial charge is 0.487 e. The molecule has 0 saturated carbocycles. The Labute approximate surface area is 178 Å². The number of nitrogens with two attached hydrogens (primary N) is 1. The van der Waals surface area contributed by atoms with Crippen LogP contribution in [0.25, 0.3) is 22.4 Å². The zero-order chi connectivity index (χ0) is 21.0. The van der Waals surface area contributed by atoms with Crippen LogP contribution < -0.4 is 10.5 Å². The van der Waals surface area contributed by atoms with Crippen LogP contribution in [0.4, 0.5) is 5.82 Å². The number of nitrogen functional groups attached to an aromatic ring is 1. The van der Waals surface area contributed by atoms with Crippen molar-refractivity contribution in [2.24, 2.45) is 0 Å². The van der Waals surface area contributed by atoms with E-state index in [1.54, 1.807) is 12.4 Å². The molecule has 5 aromatic rings. The molecule has 152 valence electrons. The first-order valence-electron chi connectivity index (χ1n) is 9.83. The molecule has 0 unspecified atom stereocenters. The quantitative estimate of drug-likeness (QED) is 0.443. The molecule has 0 aliphatic carbocycles. The highest BCUT2D eigenvalue weighted by Crippen LogP contribution is 2.25. The van der Waals surface area contributed by atoms with E-state index in [1.165, 1.54) is 0 Å². The second-order valence-corrected chi connectivity index (χ2v) is 7.08. The summed E-state index contributed by atoms with van der Waals surface area (Å²) in [5.74, 6) is 1.79. The second kappa shape index (κ2) is 8.23. The van der Waals surface area contributed by atoms with E-state index in [-0.39, 0.29) is 0 Å². The fraction of sp³-hybridized carbons (Fsp3) is 0.0833. The lowest BCUT2D eigenvalue weighted by Crippen LogP contribution is -2.00. The van der Waals surface area contributed by atoms with Crippen LogP contribution in [0.15, 0.2) is 83.6 Å². The molecule has 0 bridgehead atoms. The highest BCUT2D eigenvalue weighted by molar-refractivity contribution is 5.73. The van der Waals surface area contributed by atoms with E-state index in [1.807, 2.05) is 66.7 Å². The molecule has 5 rings (SSSR count). The number of hydrogen-bond donors (Lipinski definition) is 1. The van der Waals surface area contributed by atoms with Gasteiger partial charge in [0.05, 0.1) is 34.2 Å². The van der Waals surface area contributed by atoms with Crippen LogP contribution in [0, 0.1) is 0 Å². The first kappa shape index (κ1) is 18.7. The number of para-hydroxylation sites is 2. The fourth-order valence-corrected chi connectivity index (χ4v) is 3.28. The van der Waals surface area contributed by atoms with Crippen LogP contribution in [-0.4, -0.2) is 20.1 Å². The van der Waals surface area contributed by atoms with Gasteiger partial charge in [-0.3, -0.25) is 4.98 Å². The molecular formula is C24H19N5O2. The number of benzene rings is 2. The first-order chi connectivity index (χ1) is 15.2. The van der Waals surface area contributed by atoms with Gasteiger partial charge in [-0.25, -0.2) is 9.97 Å². The van der Waals surface area contributed by atoms with Crippen molar-refractivity contribution < 1.29 is 9.26 Å². The van der Waals surface area contributed by atoms with Gasteiger partial charge in [-0.2, -0.15) is 0 Å². The van der Waals surface area contributed by atoms with Crippen LogP contribution in [0.2, 0.25) is 0 Å². The Hall–Kier alpha value is -4.26. The maximum Gasteiger partial charge on any atom is 0.170 e. The number of rotatable bonds is 6. The van der Waals surface area contributed by atoms with Crippen molar-refractivity contribution in [2.45, 2.75) is 13.0 Å². The van der Waals surface area contributed by atoms with Gasteiger partial charge in [0, 0.05) is 18.7 Å². The highest BCUT2D eigenvalue weighted by atomic mass is 16.5. The third kappa shape index (κ3) is 4.20. The van der Waals surface area contributed by atoms with Gasteiger partial charge in [0.1, 0.15) is 18.2 Å². The Kier molecular flexibility index (Phi) is 4.98. The number of ether oxygens (including phenoxy) is 1. The van der Waals surface area contributed by atoms with Crippen LogP contribution >= 0.6 is 0 Å². The summed E-state index contributed by atoms with van der Waals surface area (Å²) in [6, 6.07) is 21.2. The van der Waals surface area contributed by atoms with E-state index in [4.69, 9.17) is 15.0 Å². The van der Waals surface area contributed by atoms with E-state index < -0.39 is 0 Å². The summed E-state index contributed by atoms with van der Waals surface area (Å²) in [6.07, 6.45) is 4.03. The minimum Gasteiger partial charge on any atom is -0.487 e. The van der Waals surface area contributed by atoms with Crippen molar-refractivity contribution in [3.63, 3.8) is 0 Å². The predicted octanol–water partition coefficient (Wildman–Crippen LogP) is 4.43. The van der Waals surface area contributed by atoms with Crippen molar-refractivity contribution in [1.82, 2.24) is 20.1 Å². The van der Waals surface area contributed by atoms with Crippen molar-refractivity contribution in [2.75, 3.05) is 5.73 Å². The lowest BCUT2D eigenvalue weighted by Gasteiger charge is -2.07. The van der Waals surface area contributed by atoms with Crippen molar-refractivity contribution in [3.05, 3.63) is 96.1 Å². The smallest absolute Gasteiger partial charge is 0.170 e. The Morgan fingerprint density at radius 2 is 1.71 bits per heavy atom. The maximum absolute atomic E-state index is 5.91. The summed E-state index contributed by atoms with van der Waals surface area (Å²) in [5.41, 5.74) is 11.1. The average molecular weight is 409 g/mol. The Bertz CT molecular complexity index is 1330. The molecule has 0 atom stereocenters. The van der Waals surface area contributed by atoms with Crippen molar-refractivity contribution in [1.29, 1.82) is 0 Å². The van der Waals surface area contributed by atoms with Crippen LogP contribution in [-0.2, 0) is 13.0 Å². The van der Waals surface area contributed by atoms with E-state index in [2.05, 4.69) is 20.1 Å². The molecule has 3 aromatic heterocycles. The predicted molar refractivity (Wildman–Crippen MR) is 117 cm³/mol. The lowest BCUT2D eigenvalue weighted by molar-refractivity contribution is 0.301. The summed E-state index contributed by atoms with van der Waals surface area (Å²) >= 11 is 0. The van der Waals surface area contributed by atoms with Crippen LogP contribution in [0.3, 0.4) is 0 Å². The highest BCUT2D eigenvalue weighted by Gasteiger charge is 2.11. The molecule has 0 fully saturated rings. The number of nitrogens with zero attached hydrogens (tertiary/aromatic N) is 4. The van der Waals surface area contributed by atoms with Gasteiger partial charge >= 0.3 is 0 Å². The molecule has 2 N–H and O–H groups in total. The van der Waals surface area contributed by atoms with Gasteiger partial charge in [-0.05, 0) is 42.0 Å². The molecule has 0 amide bonds. The van der Waals surface area contributed by atoms with Gasteiger partial charge in [-0.1, -0.05) is 29.4 Å². The standard InChI is InChI=1S/C24H19N5O2/c25-24-20(4-3-11-26-24)23-13-17(29-31-23)12-16-7-9-19(10-8-16)30-15-18-14-27-21-5-1-2-6-22(21)28-18/h1-11,13-14H,12,15H2,(H2,25,26). The maximum atomic E-state index is 5.91. The van der Waals surface area contributed by atoms with Crippen molar-refractivity contribution >= 4 is 16.9 Å². The Morgan fingerprint density at radius 3 is 2.55 bits per heavy atom. The molecular weight excluding hydrogens is 390 g/mol. The molecule has 2 aromatic carbocycles. The summed E-state index contributed by atoms with van der Waals surface area (Å²) < 4.78 is 11.3. The molecule has 0 saturated heterocycles. The third-order valence-corrected chi connectivity index (χ3v) is 4.86. The zero-order valence-corrected chi connectivity index (χ0v) is 16.6. The number of aromatic nitrogens is 4. The molecule has 7 nitrogen and oxygen atoms in total. The zero-order valence-electron chi connectivity index (χ0n) is 16.6. The normalized spacial score (nSPS) is 11.0.